The quantitative estimate of drug-likeness (QED) is 0.691. The summed E-state index contributed by atoms with van der Waals surface area (Å²) >= 11 is 1.63. The number of hydrogen-bond acceptors (Lipinski definition) is 3. The minimum atomic E-state index is 0.403. The van der Waals surface area contributed by atoms with Gasteiger partial charge in [-0.2, -0.15) is 5.26 Å². The van der Waals surface area contributed by atoms with Crippen molar-refractivity contribution < 1.29 is 4.74 Å². The SMILES string of the molecule is COc1cccc(SC)c1CC#N. The van der Waals surface area contributed by atoms with Crippen molar-refractivity contribution in [3.63, 3.8) is 0 Å². The molecule has 0 saturated heterocycles. The third-order valence-electron chi connectivity index (χ3n) is 1.79. The molecule has 2 nitrogen and oxygen atoms in total. The van der Waals surface area contributed by atoms with E-state index in [0.29, 0.717) is 6.42 Å². The smallest absolute Gasteiger partial charge is 0.124 e. The van der Waals surface area contributed by atoms with Crippen molar-refractivity contribution in [2.24, 2.45) is 0 Å². The van der Waals surface area contributed by atoms with Gasteiger partial charge in [0.2, 0.25) is 0 Å². The van der Waals surface area contributed by atoms with Crippen LogP contribution in [0, 0.1) is 11.3 Å². The van der Waals surface area contributed by atoms with Crippen molar-refractivity contribution >= 4 is 11.8 Å². The van der Waals surface area contributed by atoms with Crippen LogP contribution < -0.4 is 4.74 Å². The highest BCUT2D eigenvalue weighted by molar-refractivity contribution is 7.98. The van der Waals surface area contributed by atoms with E-state index in [0.717, 1.165) is 16.2 Å². The molecule has 0 fully saturated rings. The van der Waals surface area contributed by atoms with Gasteiger partial charge in [0, 0.05) is 10.5 Å². The second-order valence-electron chi connectivity index (χ2n) is 2.48. The molecule has 3 heteroatoms. The fourth-order valence-corrected chi connectivity index (χ4v) is 1.82. The van der Waals surface area contributed by atoms with Gasteiger partial charge in [-0.25, -0.2) is 0 Å². The van der Waals surface area contributed by atoms with Gasteiger partial charge in [-0.15, -0.1) is 11.8 Å². The van der Waals surface area contributed by atoms with E-state index < -0.39 is 0 Å². The highest BCUT2D eigenvalue weighted by Gasteiger charge is 2.06. The average Bonchev–Trinajstić information content (AvgIpc) is 2.18. The summed E-state index contributed by atoms with van der Waals surface area (Å²) in [7, 11) is 1.63. The summed E-state index contributed by atoms with van der Waals surface area (Å²) in [5.74, 6) is 0.799. The first-order valence-corrected chi connectivity index (χ1v) is 5.12. The largest absolute Gasteiger partial charge is 0.496 e. The zero-order chi connectivity index (χ0) is 9.68. The lowest BCUT2D eigenvalue weighted by molar-refractivity contribution is 0.409. The maximum atomic E-state index is 8.64. The molecular formula is C10H11NOS. The number of benzene rings is 1. The minimum Gasteiger partial charge on any atom is -0.496 e. The zero-order valence-electron chi connectivity index (χ0n) is 7.70. The van der Waals surface area contributed by atoms with Gasteiger partial charge in [0.15, 0.2) is 0 Å². The molecule has 68 valence electrons. The lowest BCUT2D eigenvalue weighted by Crippen LogP contribution is -1.92. The fourth-order valence-electron chi connectivity index (χ4n) is 1.18. The van der Waals surface area contributed by atoms with Crippen molar-refractivity contribution in [1.29, 1.82) is 5.26 Å². The number of thioether (sulfide) groups is 1. The van der Waals surface area contributed by atoms with E-state index in [1.165, 1.54) is 0 Å². The monoisotopic (exact) mass is 193 g/mol. The van der Waals surface area contributed by atoms with E-state index in [1.807, 2.05) is 24.5 Å². The van der Waals surface area contributed by atoms with Crippen LogP contribution in [0.15, 0.2) is 23.1 Å². The highest BCUT2D eigenvalue weighted by atomic mass is 32.2. The molecule has 0 aliphatic heterocycles. The predicted octanol–water partition coefficient (Wildman–Crippen LogP) is 2.48. The normalized spacial score (nSPS) is 9.31. The van der Waals surface area contributed by atoms with Crippen LogP contribution in [0.3, 0.4) is 0 Å². The number of methoxy groups -OCH3 is 1. The van der Waals surface area contributed by atoms with Crippen LogP contribution in [0.4, 0.5) is 0 Å². The van der Waals surface area contributed by atoms with Gasteiger partial charge in [0.05, 0.1) is 19.6 Å². The van der Waals surface area contributed by atoms with Crippen LogP contribution >= 0.6 is 11.8 Å². The summed E-state index contributed by atoms with van der Waals surface area (Å²) in [6.45, 7) is 0. The Morgan fingerprint density at radius 1 is 1.54 bits per heavy atom. The molecule has 0 aliphatic rings. The van der Waals surface area contributed by atoms with Crippen LogP contribution in [0.1, 0.15) is 5.56 Å². The Labute approximate surface area is 82.5 Å². The number of ether oxygens (including phenoxy) is 1. The van der Waals surface area contributed by atoms with Crippen LogP contribution in [-0.2, 0) is 6.42 Å². The maximum Gasteiger partial charge on any atom is 0.124 e. The maximum absolute atomic E-state index is 8.64. The Bertz CT molecular complexity index is 308. The van der Waals surface area contributed by atoms with Crippen molar-refractivity contribution in [3.8, 4) is 11.8 Å². The van der Waals surface area contributed by atoms with E-state index >= 15 is 0 Å². The van der Waals surface area contributed by atoms with Gasteiger partial charge in [0.1, 0.15) is 5.75 Å². The zero-order valence-corrected chi connectivity index (χ0v) is 8.52. The Kier molecular flexibility index (Phi) is 3.66. The highest BCUT2D eigenvalue weighted by Crippen LogP contribution is 2.28. The molecule has 1 rings (SSSR count). The Hall–Kier alpha value is -1.14. The number of nitrogens with zero attached hydrogens (tertiary/aromatic N) is 1. The summed E-state index contributed by atoms with van der Waals surface area (Å²) in [6, 6.07) is 7.96. The molecule has 0 saturated carbocycles. The molecular weight excluding hydrogens is 182 g/mol. The molecule has 0 bridgehead atoms. The van der Waals surface area contributed by atoms with Crippen LogP contribution in [0.5, 0.6) is 5.75 Å². The standard InChI is InChI=1S/C10H11NOS/c1-12-9-4-3-5-10(13-2)8(9)6-7-11/h3-5H,6H2,1-2H3. The van der Waals surface area contributed by atoms with E-state index in [9.17, 15) is 0 Å². The molecule has 0 amide bonds. The molecule has 0 aliphatic carbocycles. The second kappa shape index (κ2) is 4.78. The van der Waals surface area contributed by atoms with Gasteiger partial charge < -0.3 is 4.74 Å². The molecule has 0 aromatic heterocycles. The van der Waals surface area contributed by atoms with Gasteiger partial charge >= 0.3 is 0 Å². The second-order valence-corrected chi connectivity index (χ2v) is 3.32. The summed E-state index contributed by atoms with van der Waals surface area (Å²) in [4.78, 5) is 1.11. The van der Waals surface area contributed by atoms with Gasteiger partial charge in [-0.1, -0.05) is 6.07 Å². The topological polar surface area (TPSA) is 33.0 Å². The Morgan fingerprint density at radius 2 is 2.31 bits per heavy atom. The minimum absolute atomic E-state index is 0.403. The van der Waals surface area contributed by atoms with Gasteiger partial charge in [-0.05, 0) is 18.4 Å². The van der Waals surface area contributed by atoms with Gasteiger partial charge in [0.25, 0.3) is 0 Å². The number of hydrogen-bond donors (Lipinski definition) is 0. The van der Waals surface area contributed by atoms with E-state index in [2.05, 4.69) is 6.07 Å². The third-order valence-corrected chi connectivity index (χ3v) is 2.61. The average molecular weight is 193 g/mol. The van der Waals surface area contributed by atoms with Crippen molar-refractivity contribution in [2.75, 3.05) is 13.4 Å². The predicted molar refractivity (Wildman–Crippen MR) is 54.1 cm³/mol. The van der Waals surface area contributed by atoms with Gasteiger partial charge in [-0.3, -0.25) is 0 Å². The fraction of sp³-hybridized carbons (Fsp3) is 0.300. The molecule has 1 aromatic carbocycles. The Morgan fingerprint density at radius 3 is 2.85 bits per heavy atom. The van der Waals surface area contributed by atoms with E-state index in [1.54, 1.807) is 18.9 Å². The molecule has 0 spiro atoms. The molecule has 0 unspecified atom stereocenters. The lowest BCUT2D eigenvalue weighted by Gasteiger charge is -2.08. The molecule has 0 atom stereocenters. The van der Waals surface area contributed by atoms with Crippen LogP contribution in [-0.4, -0.2) is 13.4 Å². The molecule has 0 heterocycles. The van der Waals surface area contributed by atoms with Crippen molar-refractivity contribution in [1.82, 2.24) is 0 Å². The molecule has 0 radical (unpaired) electrons. The first kappa shape index (κ1) is 9.94. The number of rotatable bonds is 3. The van der Waals surface area contributed by atoms with E-state index in [4.69, 9.17) is 10.00 Å². The van der Waals surface area contributed by atoms with Crippen LogP contribution in [0.2, 0.25) is 0 Å². The summed E-state index contributed by atoms with van der Waals surface area (Å²) in [5.41, 5.74) is 0.986. The Balaban J connectivity index is 3.14. The first-order valence-electron chi connectivity index (χ1n) is 3.90. The molecule has 13 heavy (non-hydrogen) atoms. The first-order chi connectivity index (χ1) is 6.33. The van der Waals surface area contributed by atoms with Crippen molar-refractivity contribution in [2.45, 2.75) is 11.3 Å². The number of nitriles is 1. The van der Waals surface area contributed by atoms with Crippen molar-refractivity contribution in [3.05, 3.63) is 23.8 Å². The van der Waals surface area contributed by atoms with E-state index in [-0.39, 0.29) is 0 Å². The molecule has 1 aromatic rings. The summed E-state index contributed by atoms with van der Waals surface area (Å²) in [5, 5.41) is 8.64. The summed E-state index contributed by atoms with van der Waals surface area (Å²) in [6.07, 6.45) is 2.40. The third kappa shape index (κ3) is 2.16. The van der Waals surface area contributed by atoms with Crippen LogP contribution in [0.25, 0.3) is 0 Å². The molecule has 0 N–H and O–H groups in total. The summed E-state index contributed by atoms with van der Waals surface area (Å²) < 4.78 is 5.18. The lowest BCUT2D eigenvalue weighted by atomic mass is 10.1.